The Morgan fingerprint density at radius 1 is 0.439 bits per heavy atom. The van der Waals surface area contributed by atoms with E-state index in [4.69, 9.17) is 23.7 Å². The fourth-order valence-electron chi connectivity index (χ4n) is 5.20. The quantitative estimate of drug-likeness (QED) is 0.0596. The average molecular weight is 589 g/mol. The third-order valence-corrected chi connectivity index (χ3v) is 7.95. The summed E-state index contributed by atoms with van der Waals surface area (Å²) < 4.78 is 29.5. The summed E-state index contributed by atoms with van der Waals surface area (Å²) in [6.45, 7) is 7.41. The standard InChI is InChI=1S/C35H72O6/c1-6-9-12-15-18-21-24-27-33(36)41-32(30-39-34(37-4)28-25-22-19-16-13-10-7-2)31-40-35(38-5)29-26-23-20-17-14-11-8-3/h32-36H,6-31H2,1-5H3. The Morgan fingerprint density at radius 2 is 0.756 bits per heavy atom. The zero-order valence-electron chi connectivity index (χ0n) is 28.2. The van der Waals surface area contributed by atoms with Crippen molar-refractivity contribution < 1.29 is 28.8 Å². The van der Waals surface area contributed by atoms with Crippen LogP contribution >= 0.6 is 0 Å². The van der Waals surface area contributed by atoms with Crippen LogP contribution in [0.5, 0.6) is 0 Å². The van der Waals surface area contributed by atoms with Gasteiger partial charge in [-0.1, -0.05) is 136 Å². The topological polar surface area (TPSA) is 66.4 Å². The lowest BCUT2D eigenvalue weighted by molar-refractivity contribution is -0.219. The second-order valence-electron chi connectivity index (χ2n) is 11.9. The van der Waals surface area contributed by atoms with Crippen LogP contribution in [-0.4, -0.2) is 57.5 Å². The molecule has 0 saturated carbocycles. The lowest BCUT2D eigenvalue weighted by Crippen LogP contribution is -2.34. The molecule has 0 aromatic carbocycles. The largest absolute Gasteiger partial charge is 0.368 e. The zero-order chi connectivity index (χ0) is 30.2. The maximum atomic E-state index is 10.6. The number of ether oxygens (including phenoxy) is 5. The van der Waals surface area contributed by atoms with E-state index in [9.17, 15) is 5.11 Å². The van der Waals surface area contributed by atoms with Gasteiger partial charge >= 0.3 is 0 Å². The maximum Gasteiger partial charge on any atom is 0.157 e. The molecule has 0 aliphatic rings. The van der Waals surface area contributed by atoms with E-state index in [2.05, 4.69) is 20.8 Å². The van der Waals surface area contributed by atoms with Crippen LogP contribution in [0.25, 0.3) is 0 Å². The minimum Gasteiger partial charge on any atom is -0.368 e. The number of aliphatic hydroxyl groups is 1. The van der Waals surface area contributed by atoms with Crippen LogP contribution in [0, 0.1) is 0 Å². The van der Waals surface area contributed by atoms with E-state index in [1.807, 2.05) is 0 Å². The van der Waals surface area contributed by atoms with E-state index in [1.54, 1.807) is 14.2 Å². The first-order chi connectivity index (χ1) is 20.1. The molecule has 0 aromatic heterocycles. The molecule has 0 rings (SSSR count). The van der Waals surface area contributed by atoms with E-state index < -0.39 is 6.29 Å². The van der Waals surface area contributed by atoms with Gasteiger partial charge in [-0.3, -0.25) is 0 Å². The minimum absolute atomic E-state index is 0.261. The molecule has 6 heteroatoms. The molecule has 0 fully saturated rings. The van der Waals surface area contributed by atoms with E-state index in [0.717, 1.165) is 38.5 Å². The maximum absolute atomic E-state index is 10.6. The van der Waals surface area contributed by atoms with Crippen LogP contribution in [-0.2, 0) is 23.7 Å². The molecule has 0 saturated heterocycles. The molecule has 6 nitrogen and oxygen atoms in total. The summed E-state index contributed by atoms with van der Waals surface area (Å²) in [5, 5.41) is 10.6. The molecule has 0 radical (unpaired) electrons. The normalized spacial score (nSPS) is 14.8. The van der Waals surface area contributed by atoms with Gasteiger partial charge in [-0.2, -0.15) is 0 Å². The lowest BCUT2D eigenvalue weighted by atomic mass is 10.1. The van der Waals surface area contributed by atoms with Crippen LogP contribution < -0.4 is 0 Å². The van der Waals surface area contributed by atoms with Gasteiger partial charge in [-0.05, 0) is 38.5 Å². The number of unbranched alkanes of at least 4 members (excludes halogenated alkanes) is 18. The van der Waals surface area contributed by atoms with Gasteiger partial charge in [-0.15, -0.1) is 0 Å². The highest BCUT2D eigenvalue weighted by Crippen LogP contribution is 2.16. The molecule has 0 aliphatic carbocycles. The molecule has 3 atom stereocenters. The van der Waals surface area contributed by atoms with Crippen molar-refractivity contribution >= 4 is 0 Å². The highest BCUT2D eigenvalue weighted by atomic mass is 16.7. The Hall–Kier alpha value is -0.240. The smallest absolute Gasteiger partial charge is 0.157 e. The van der Waals surface area contributed by atoms with Crippen LogP contribution in [0.3, 0.4) is 0 Å². The summed E-state index contributed by atoms with van der Waals surface area (Å²) in [4.78, 5) is 0. The fourth-order valence-corrected chi connectivity index (χ4v) is 5.20. The van der Waals surface area contributed by atoms with Crippen molar-refractivity contribution in [3.05, 3.63) is 0 Å². The van der Waals surface area contributed by atoms with Gasteiger partial charge in [-0.25, -0.2) is 0 Å². The third kappa shape index (κ3) is 28.3. The fraction of sp³-hybridized carbons (Fsp3) is 1.00. The Bertz CT molecular complexity index is 461. The van der Waals surface area contributed by atoms with Gasteiger partial charge in [0.2, 0.25) is 0 Å². The molecule has 0 bridgehead atoms. The molecule has 0 spiro atoms. The predicted molar refractivity (Wildman–Crippen MR) is 172 cm³/mol. The van der Waals surface area contributed by atoms with Gasteiger partial charge in [0.1, 0.15) is 6.10 Å². The molecule has 0 aromatic rings. The van der Waals surface area contributed by atoms with Crippen LogP contribution in [0.15, 0.2) is 0 Å². The Balaban J connectivity index is 4.58. The van der Waals surface area contributed by atoms with Crippen molar-refractivity contribution in [3.8, 4) is 0 Å². The van der Waals surface area contributed by atoms with E-state index in [-0.39, 0.29) is 18.7 Å². The SMILES string of the molecule is CCCCCCCCCC(O)OC(COC(CCCCCCCCC)OC)COC(CCCCCCCCC)OC. The summed E-state index contributed by atoms with van der Waals surface area (Å²) in [6, 6.07) is 0. The first-order valence-corrected chi connectivity index (χ1v) is 17.7. The lowest BCUT2D eigenvalue weighted by Gasteiger charge is -2.26. The van der Waals surface area contributed by atoms with Gasteiger partial charge in [0, 0.05) is 14.2 Å². The highest BCUT2D eigenvalue weighted by Gasteiger charge is 2.20. The van der Waals surface area contributed by atoms with Crippen molar-refractivity contribution in [2.24, 2.45) is 0 Å². The zero-order valence-corrected chi connectivity index (χ0v) is 28.2. The van der Waals surface area contributed by atoms with E-state index in [0.29, 0.717) is 19.6 Å². The molecule has 41 heavy (non-hydrogen) atoms. The molecular formula is C35H72O6. The van der Waals surface area contributed by atoms with Gasteiger partial charge in [0.25, 0.3) is 0 Å². The second kappa shape index (κ2) is 32.7. The number of aliphatic hydroxyl groups excluding tert-OH is 1. The Labute approximate surface area is 256 Å². The first kappa shape index (κ1) is 40.8. The minimum atomic E-state index is -0.809. The average Bonchev–Trinajstić information content (AvgIpc) is 2.98. The molecular weight excluding hydrogens is 516 g/mol. The summed E-state index contributed by atoms with van der Waals surface area (Å²) >= 11 is 0. The second-order valence-corrected chi connectivity index (χ2v) is 11.9. The summed E-state index contributed by atoms with van der Waals surface area (Å²) in [6.07, 6.45) is 26.9. The predicted octanol–water partition coefficient (Wildman–Crippen LogP) is 10.1. The van der Waals surface area contributed by atoms with Crippen molar-refractivity contribution in [1.82, 2.24) is 0 Å². The Morgan fingerprint density at radius 3 is 1.10 bits per heavy atom. The van der Waals surface area contributed by atoms with Crippen molar-refractivity contribution in [2.45, 2.75) is 200 Å². The summed E-state index contributed by atoms with van der Waals surface area (Å²) in [5.41, 5.74) is 0. The molecule has 248 valence electrons. The molecule has 3 unspecified atom stereocenters. The van der Waals surface area contributed by atoms with E-state index in [1.165, 1.54) is 109 Å². The molecule has 1 N–H and O–H groups in total. The van der Waals surface area contributed by atoms with Crippen LogP contribution in [0.1, 0.15) is 175 Å². The van der Waals surface area contributed by atoms with E-state index >= 15 is 0 Å². The third-order valence-electron chi connectivity index (χ3n) is 7.95. The highest BCUT2D eigenvalue weighted by molar-refractivity contribution is 4.61. The monoisotopic (exact) mass is 589 g/mol. The van der Waals surface area contributed by atoms with Gasteiger partial charge < -0.3 is 28.8 Å². The Kier molecular flexibility index (Phi) is 32.5. The number of rotatable bonds is 34. The van der Waals surface area contributed by atoms with Crippen LogP contribution in [0.2, 0.25) is 0 Å². The van der Waals surface area contributed by atoms with Crippen molar-refractivity contribution in [3.63, 3.8) is 0 Å². The summed E-state index contributed by atoms with van der Waals surface area (Å²) in [5.74, 6) is 0. The molecule has 0 aliphatic heterocycles. The molecule has 0 amide bonds. The van der Waals surface area contributed by atoms with Crippen LogP contribution in [0.4, 0.5) is 0 Å². The number of methoxy groups -OCH3 is 2. The van der Waals surface area contributed by atoms with Crippen molar-refractivity contribution in [2.75, 3.05) is 27.4 Å². The summed E-state index contributed by atoms with van der Waals surface area (Å²) in [7, 11) is 3.41. The van der Waals surface area contributed by atoms with Gasteiger partial charge in [0.05, 0.1) is 13.2 Å². The van der Waals surface area contributed by atoms with Crippen molar-refractivity contribution in [1.29, 1.82) is 0 Å². The first-order valence-electron chi connectivity index (χ1n) is 17.7. The molecule has 0 heterocycles. The number of hydrogen-bond donors (Lipinski definition) is 1. The number of hydrogen-bond acceptors (Lipinski definition) is 6. The van der Waals surface area contributed by atoms with Gasteiger partial charge in [0.15, 0.2) is 18.9 Å².